The minimum atomic E-state index is -0.322. The Hall–Kier alpha value is -0.980. The number of ether oxygens (including phenoxy) is 1. The molecule has 1 fully saturated rings. The molecule has 1 aromatic rings. The molecule has 0 aliphatic carbocycles. The van der Waals surface area contributed by atoms with Gasteiger partial charge >= 0.3 is 0 Å². The third-order valence-electron chi connectivity index (χ3n) is 3.08. The van der Waals surface area contributed by atoms with E-state index in [1.165, 1.54) is 0 Å². The van der Waals surface area contributed by atoms with Crippen LogP contribution < -0.4 is 5.73 Å². The topological polar surface area (TPSA) is 68.5 Å². The highest BCUT2D eigenvalue weighted by molar-refractivity contribution is 7.11. The second-order valence-corrected chi connectivity index (χ2v) is 5.92. The summed E-state index contributed by atoms with van der Waals surface area (Å²) in [6, 6.07) is 0. The zero-order valence-corrected chi connectivity index (χ0v) is 11.6. The van der Waals surface area contributed by atoms with Gasteiger partial charge in [0, 0.05) is 24.7 Å². The Bertz CT molecular complexity index is 421. The van der Waals surface area contributed by atoms with Crippen molar-refractivity contribution in [1.82, 2.24) is 9.88 Å². The van der Waals surface area contributed by atoms with Gasteiger partial charge < -0.3 is 15.4 Å². The Morgan fingerprint density at radius 2 is 2.44 bits per heavy atom. The number of amides is 1. The summed E-state index contributed by atoms with van der Waals surface area (Å²) in [6.07, 6.45) is 3.19. The number of carbonyl (C=O) groups is 1. The zero-order chi connectivity index (χ0) is 13.1. The molecule has 1 saturated heterocycles. The van der Waals surface area contributed by atoms with Gasteiger partial charge in [0.2, 0.25) is 0 Å². The molecule has 5 nitrogen and oxygen atoms in total. The van der Waals surface area contributed by atoms with E-state index in [-0.39, 0.29) is 18.1 Å². The van der Waals surface area contributed by atoms with Crippen molar-refractivity contribution in [3.63, 3.8) is 0 Å². The summed E-state index contributed by atoms with van der Waals surface area (Å²) in [5.41, 5.74) is 5.54. The van der Waals surface area contributed by atoms with Gasteiger partial charge in [-0.25, -0.2) is 4.98 Å². The molecule has 0 bridgehead atoms. The van der Waals surface area contributed by atoms with Gasteiger partial charge in [-0.2, -0.15) is 0 Å². The van der Waals surface area contributed by atoms with Gasteiger partial charge in [0.1, 0.15) is 6.10 Å². The second-order valence-electron chi connectivity index (χ2n) is 4.60. The Kier molecular flexibility index (Phi) is 4.31. The predicted molar refractivity (Wildman–Crippen MR) is 70.3 cm³/mol. The highest BCUT2D eigenvalue weighted by atomic mass is 32.1. The van der Waals surface area contributed by atoms with Gasteiger partial charge in [-0.1, -0.05) is 0 Å². The number of carbonyl (C=O) groups excluding carboxylic acids is 1. The fraction of sp³-hybridized carbons (Fsp3) is 0.667. The normalized spacial score (nSPS) is 23.3. The highest BCUT2D eigenvalue weighted by Crippen LogP contribution is 2.21. The fourth-order valence-electron chi connectivity index (χ4n) is 2.10. The van der Waals surface area contributed by atoms with Gasteiger partial charge in [0.05, 0.1) is 17.7 Å². The van der Waals surface area contributed by atoms with E-state index in [0.717, 1.165) is 22.7 Å². The summed E-state index contributed by atoms with van der Waals surface area (Å²) in [6.45, 7) is 3.04. The quantitative estimate of drug-likeness (QED) is 0.882. The van der Waals surface area contributed by atoms with Crippen LogP contribution in [0.15, 0.2) is 6.20 Å². The van der Waals surface area contributed by atoms with Crippen LogP contribution >= 0.6 is 11.3 Å². The molecule has 0 saturated carbocycles. The standard InChI is InChI=1S/C12H19N3O2S/c1-8-14-6-10(18-8)7-15(2)12(16)11-4-3-9(5-13)17-11/h6,9,11H,3-5,7,13H2,1-2H3. The Labute approximate surface area is 111 Å². The number of nitrogens with zero attached hydrogens (tertiary/aromatic N) is 2. The van der Waals surface area contributed by atoms with Crippen molar-refractivity contribution in [1.29, 1.82) is 0 Å². The number of thiazole rings is 1. The number of nitrogens with two attached hydrogens (primary N) is 1. The van der Waals surface area contributed by atoms with Crippen LogP contribution in [-0.2, 0) is 16.1 Å². The molecule has 2 atom stereocenters. The smallest absolute Gasteiger partial charge is 0.251 e. The first kappa shape index (κ1) is 13.5. The summed E-state index contributed by atoms with van der Waals surface area (Å²) in [7, 11) is 1.80. The molecule has 1 amide bonds. The summed E-state index contributed by atoms with van der Waals surface area (Å²) in [4.78, 5) is 19.1. The number of aryl methyl sites for hydroxylation is 1. The molecule has 2 heterocycles. The first-order chi connectivity index (χ1) is 8.60. The van der Waals surface area contributed by atoms with Gasteiger partial charge in [-0.3, -0.25) is 4.79 Å². The Balaban J connectivity index is 1.89. The second kappa shape index (κ2) is 5.77. The van der Waals surface area contributed by atoms with Crippen molar-refractivity contribution >= 4 is 17.2 Å². The Morgan fingerprint density at radius 3 is 3.00 bits per heavy atom. The van der Waals surface area contributed by atoms with E-state index in [1.807, 2.05) is 13.1 Å². The van der Waals surface area contributed by atoms with E-state index in [4.69, 9.17) is 10.5 Å². The van der Waals surface area contributed by atoms with E-state index in [9.17, 15) is 4.79 Å². The fourth-order valence-corrected chi connectivity index (χ4v) is 2.95. The molecular weight excluding hydrogens is 250 g/mol. The summed E-state index contributed by atoms with van der Waals surface area (Å²) < 4.78 is 5.61. The van der Waals surface area contributed by atoms with Crippen LogP contribution in [0, 0.1) is 6.92 Å². The zero-order valence-electron chi connectivity index (χ0n) is 10.8. The average Bonchev–Trinajstić information content (AvgIpc) is 2.97. The first-order valence-electron chi connectivity index (χ1n) is 6.12. The monoisotopic (exact) mass is 269 g/mol. The molecular formula is C12H19N3O2S. The molecule has 0 radical (unpaired) electrons. The summed E-state index contributed by atoms with van der Waals surface area (Å²) in [5.74, 6) is 0.0389. The summed E-state index contributed by atoms with van der Waals surface area (Å²) in [5, 5.41) is 1.02. The van der Waals surface area contributed by atoms with Crippen LogP contribution in [0.5, 0.6) is 0 Å². The predicted octanol–water partition coefficient (Wildman–Crippen LogP) is 0.916. The number of aromatic nitrogens is 1. The lowest BCUT2D eigenvalue weighted by atomic mass is 10.2. The van der Waals surface area contributed by atoms with Crippen LogP contribution in [0.4, 0.5) is 0 Å². The van der Waals surface area contributed by atoms with E-state index >= 15 is 0 Å². The van der Waals surface area contributed by atoms with Crippen LogP contribution in [-0.4, -0.2) is 41.6 Å². The lowest BCUT2D eigenvalue weighted by Gasteiger charge is -2.20. The lowest BCUT2D eigenvalue weighted by molar-refractivity contribution is -0.141. The van der Waals surface area contributed by atoms with Crippen molar-refractivity contribution in [2.45, 2.75) is 38.5 Å². The molecule has 18 heavy (non-hydrogen) atoms. The van der Waals surface area contributed by atoms with Gasteiger partial charge in [-0.15, -0.1) is 11.3 Å². The van der Waals surface area contributed by atoms with Gasteiger partial charge in [0.15, 0.2) is 0 Å². The minimum Gasteiger partial charge on any atom is -0.364 e. The largest absolute Gasteiger partial charge is 0.364 e. The molecule has 6 heteroatoms. The number of hydrogen-bond donors (Lipinski definition) is 1. The van der Waals surface area contributed by atoms with Crippen LogP contribution in [0.3, 0.4) is 0 Å². The molecule has 100 valence electrons. The molecule has 0 spiro atoms. The third-order valence-corrected chi connectivity index (χ3v) is 3.98. The van der Waals surface area contributed by atoms with Gasteiger partial charge in [-0.05, 0) is 19.8 Å². The highest BCUT2D eigenvalue weighted by Gasteiger charge is 2.31. The van der Waals surface area contributed by atoms with Crippen molar-refractivity contribution in [2.24, 2.45) is 5.73 Å². The first-order valence-corrected chi connectivity index (χ1v) is 6.93. The van der Waals surface area contributed by atoms with Crippen LogP contribution in [0.2, 0.25) is 0 Å². The lowest BCUT2D eigenvalue weighted by Crippen LogP contribution is -2.36. The van der Waals surface area contributed by atoms with Crippen LogP contribution in [0.1, 0.15) is 22.7 Å². The average molecular weight is 269 g/mol. The van der Waals surface area contributed by atoms with E-state index in [0.29, 0.717) is 13.1 Å². The van der Waals surface area contributed by atoms with Crippen molar-refractivity contribution in [3.8, 4) is 0 Å². The number of likely N-dealkylation sites (N-methyl/N-ethyl adjacent to an activating group) is 1. The molecule has 0 aromatic carbocycles. The van der Waals surface area contributed by atoms with Crippen molar-refractivity contribution in [2.75, 3.05) is 13.6 Å². The molecule has 1 aliphatic heterocycles. The summed E-state index contributed by atoms with van der Waals surface area (Å²) >= 11 is 1.62. The molecule has 2 N–H and O–H groups in total. The number of rotatable bonds is 4. The Morgan fingerprint density at radius 1 is 1.67 bits per heavy atom. The third kappa shape index (κ3) is 3.07. The molecule has 1 aromatic heterocycles. The number of hydrogen-bond acceptors (Lipinski definition) is 5. The molecule has 2 rings (SSSR count). The maximum atomic E-state index is 12.2. The van der Waals surface area contributed by atoms with Crippen molar-refractivity contribution in [3.05, 3.63) is 16.1 Å². The van der Waals surface area contributed by atoms with E-state index in [2.05, 4.69) is 4.98 Å². The molecule has 1 aliphatic rings. The van der Waals surface area contributed by atoms with Gasteiger partial charge in [0.25, 0.3) is 5.91 Å². The van der Waals surface area contributed by atoms with E-state index < -0.39 is 0 Å². The van der Waals surface area contributed by atoms with E-state index in [1.54, 1.807) is 23.3 Å². The maximum absolute atomic E-state index is 12.2. The maximum Gasteiger partial charge on any atom is 0.251 e. The molecule has 2 unspecified atom stereocenters. The SMILES string of the molecule is Cc1ncc(CN(C)C(=O)C2CCC(CN)O2)s1. The van der Waals surface area contributed by atoms with Crippen LogP contribution in [0.25, 0.3) is 0 Å². The van der Waals surface area contributed by atoms with Crippen molar-refractivity contribution < 1.29 is 9.53 Å². The minimum absolute atomic E-state index is 0.0389.